The zero-order valence-corrected chi connectivity index (χ0v) is 13.3. The minimum absolute atomic E-state index is 0.0425. The van der Waals surface area contributed by atoms with Gasteiger partial charge in [-0.3, -0.25) is 4.79 Å². The largest absolute Gasteiger partial charge is 0.485 e. The van der Waals surface area contributed by atoms with E-state index in [4.69, 9.17) is 14.1 Å². The number of hydrogen-bond acceptors (Lipinski definition) is 7. The molecule has 0 radical (unpaired) electrons. The molecule has 0 saturated carbocycles. The third kappa shape index (κ3) is 2.64. The van der Waals surface area contributed by atoms with E-state index in [-0.39, 0.29) is 12.5 Å². The highest BCUT2D eigenvalue weighted by Crippen LogP contribution is 2.31. The van der Waals surface area contributed by atoms with E-state index in [1.165, 1.54) is 0 Å². The van der Waals surface area contributed by atoms with E-state index in [1.54, 1.807) is 4.90 Å². The van der Waals surface area contributed by atoms with Crippen LogP contribution in [0.15, 0.2) is 28.9 Å². The lowest BCUT2D eigenvalue weighted by atomic mass is 10.2. The maximum atomic E-state index is 12.7. The number of rotatable bonds is 2. The molecule has 4 rings (SSSR count). The van der Waals surface area contributed by atoms with E-state index in [0.717, 1.165) is 11.5 Å². The van der Waals surface area contributed by atoms with Crippen molar-refractivity contribution in [2.24, 2.45) is 0 Å². The number of benzene rings is 1. The standard InChI is InChI=1S/C16H18N4O4/c1-11-15(18-24-17-11)19-6-8-20(9-7-19)16(21)14-10-22-12-4-2-3-5-13(12)23-14/h2-5,14H,6-10H2,1H3/t14-/m1/s1. The Labute approximate surface area is 138 Å². The molecule has 8 nitrogen and oxygen atoms in total. The fraction of sp³-hybridized carbons (Fsp3) is 0.438. The first-order valence-corrected chi connectivity index (χ1v) is 7.94. The zero-order chi connectivity index (χ0) is 16.5. The predicted molar refractivity (Wildman–Crippen MR) is 84.2 cm³/mol. The fourth-order valence-electron chi connectivity index (χ4n) is 3.00. The van der Waals surface area contributed by atoms with Crippen LogP contribution in [-0.4, -0.2) is 60.0 Å². The summed E-state index contributed by atoms with van der Waals surface area (Å²) < 4.78 is 16.2. The lowest BCUT2D eigenvalue weighted by molar-refractivity contribution is -0.141. The van der Waals surface area contributed by atoms with Crippen LogP contribution in [0.2, 0.25) is 0 Å². The fourth-order valence-corrected chi connectivity index (χ4v) is 3.00. The second-order valence-corrected chi connectivity index (χ2v) is 5.85. The van der Waals surface area contributed by atoms with Gasteiger partial charge in [0.05, 0.1) is 0 Å². The SMILES string of the molecule is Cc1nonc1N1CCN(C(=O)[C@H]2COc3ccccc3O2)CC1. The third-order valence-corrected chi connectivity index (χ3v) is 4.30. The van der Waals surface area contributed by atoms with Crippen molar-refractivity contribution < 1.29 is 18.9 Å². The minimum atomic E-state index is -0.595. The van der Waals surface area contributed by atoms with Gasteiger partial charge in [0.2, 0.25) is 6.10 Å². The molecule has 8 heteroatoms. The van der Waals surface area contributed by atoms with E-state index in [9.17, 15) is 4.79 Å². The summed E-state index contributed by atoms with van der Waals surface area (Å²) in [7, 11) is 0. The number of amides is 1. The molecule has 0 unspecified atom stereocenters. The first-order chi connectivity index (χ1) is 11.7. The molecule has 1 aromatic heterocycles. The van der Waals surface area contributed by atoms with E-state index < -0.39 is 6.10 Å². The van der Waals surface area contributed by atoms with Crippen LogP contribution >= 0.6 is 0 Å². The average molecular weight is 330 g/mol. The van der Waals surface area contributed by atoms with Gasteiger partial charge in [0.25, 0.3) is 5.91 Å². The molecule has 2 aliphatic rings. The van der Waals surface area contributed by atoms with Crippen molar-refractivity contribution in [1.29, 1.82) is 0 Å². The van der Waals surface area contributed by atoms with Crippen molar-refractivity contribution >= 4 is 11.7 Å². The predicted octanol–water partition coefficient (Wildman–Crippen LogP) is 0.867. The van der Waals surface area contributed by atoms with Crippen LogP contribution in [0, 0.1) is 6.92 Å². The number of carbonyl (C=O) groups is 1. The molecule has 0 aliphatic carbocycles. The highest BCUT2D eigenvalue weighted by molar-refractivity contribution is 5.82. The van der Waals surface area contributed by atoms with Gasteiger partial charge in [-0.2, -0.15) is 0 Å². The van der Waals surface area contributed by atoms with Crippen LogP contribution in [0.5, 0.6) is 11.5 Å². The number of para-hydroxylation sites is 2. The summed E-state index contributed by atoms with van der Waals surface area (Å²) in [6.07, 6.45) is -0.595. The number of aryl methyl sites for hydroxylation is 1. The van der Waals surface area contributed by atoms with Gasteiger partial charge in [-0.05, 0) is 24.2 Å². The average Bonchev–Trinajstić information content (AvgIpc) is 3.07. The molecule has 2 aliphatic heterocycles. The minimum Gasteiger partial charge on any atom is -0.485 e. The molecule has 1 atom stereocenters. The quantitative estimate of drug-likeness (QED) is 0.808. The molecule has 126 valence electrons. The van der Waals surface area contributed by atoms with Crippen LogP contribution < -0.4 is 14.4 Å². The lowest BCUT2D eigenvalue weighted by Crippen LogP contribution is -2.54. The van der Waals surface area contributed by atoms with E-state index >= 15 is 0 Å². The van der Waals surface area contributed by atoms with Crippen molar-refractivity contribution in [3.8, 4) is 11.5 Å². The number of nitrogens with zero attached hydrogens (tertiary/aromatic N) is 4. The van der Waals surface area contributed by atoms with Crippen molar-refractivity contribution in [3.63, 3.8) is 0 Å². The Morgan fingerprint density at radius 3 is 2.58 bits per heavy atom. The van der Waals surface area contributed by atoms with Gasteiger partial charge >= 0.3 is 0 Å². The number of hydrogen-bond donors (Lipinski definition) is 0. The number of carbonyl (C=O) groups excluding carboxylic acids is 1. The van der Waals surface area contributed by atoms with Gasteiger partial charge in [-0.25, -0.2) is 4.63 Å². The molecular formula is C16H18N4O4. The Morgan fingerprint density at radius 2 is 1.88 bits per heavy atom. The molecule has 0 N–H and O–H groups in total. The topological polar surface area (TPSA) is 80.9 Å². The molecular weight excluding hydrogens is 312 g/mol. The molecule has 1 saturated heterocycles. The third-order valence-electron chi connectivity index (χ3n) is 4.30. The van der Waals surface area contributed by atoms with Gasteiger partial charge in [0, 0.05) is 26.2 Å². The van der Waals surface area contributed by atoms with Crippen molar-refractivity contribution in [2.75, 3.05) is 37.7 Å². The van der Waals surface area contributed by atoms with Crippen molar-refractivity contribution in [2.45, 2.75) is 13.0 Å². The van der Waals surface area contributed by atoms with Crippen LogP contribution in [0.25, 0.3) is 0 Å². The number of ether oxygens (including phenoxy) is 2. The zero-order valence-electron chi connectivity index (χ0n) is 13.3. The molecule has 0 spiro atoms. The van der Waals surface area contributed by atoms with Gasteiger partial charge in [0.15, 0.2) is 17.3 Å². The first-order valence-electron chi connectivity index (χ1n) is 7.94. The number of piperazine rings is 1. The van der Waals surface area contributed by atoms with E-state index in [0.29, 0.717) is 37.7 Å². The van der Waals surface area contributed by atoms with Gasteiger partial charge < -0.3 is 19.3 Å². The molecule has 1 amide bonds. The molecule has 1 fully saturated rings. The summed E-state index contributed by atoms with van der Waals surface area (Å²) >= 11 is 0. The molecule has 24 heavy (non-hydrogen) atoms. The summed E-state index contributed by atoms with van der Waals surface area (Å²) in [5, 5.41) is 7.71. The monoisotopic (exact) mass is 330 g/mol. The summed E-state index contributed by atoms with van der Waals surface area (Å²) in [5.41, 5.74) is 0.760. The molecule has 1 aromatic carbocycles. The molecule has 2 aromatic rings. The maximum Gasteiger partial charge on any atom is 0.267 e. The normalized spacial score (nSPS) is 20.1. The van der Waals surface area contributed by atoms with Gasteiger partial charge in [-0.15, -0.1) is 0 Å². The van der Waals surface area contributed by atoms with Crippen LogP contribution in [0.3, 0.4) is 0 Å². The summed E-state index contributed by atoms with van der Waals surface area (Å²) in [4.78, 5) is 16.6. The van der Waals surface area contributed by atoms with E-state index in [2.05, 4.69) is 15.2 Å². The molecule has 0 bridgehead atoms. The Bertz CT molecular complexity index is 739. The highest BCUT2D eigenvalue weighted by Gasteiger charge is 2.33. The Kier molecular flexibility index (Phi) is 3.72. The summed E-state index contributed by atoms with van der Waals surface area (Å²) in [6.45, 7) is 4.67. The maximum absolute atomic E-state index is 12.7. The second-order valence-electron chi connectivity index (χ2n) is 5.85. The smallest absolute Gasteiger partial charge is 0.267 e. The Hall–Kier alpha value is -2.77. The van der Waals surface area contributed by atoms with Gasteiger partial charge in [-0.1, -0.05) is 17.3 Å². The number of fused-ring (bicyclic) bond motifs is 1. The van der Waals surface area contributed by atoms with E-state index in [1.807, 2.05) is 31.2 Å². The Balaban J connectivity index is 1.38. The summed E-state index contributed by atoms with van der Waals surface area (Å²) in [6, 6.07) is 7.39. The first kappa shape index (κ1) is 14.8. The van der Waals surface area contributed by atoms with Crippen LogP contribution in [-0.2, 0) is 4.79 Å². The van der Waals surface area contributed by atoms with Crippen LogP contribution in [0.1, 0.15) is 5.69 Å². The van der Waals surface area contributed by atoms with Crippen molar-refractivity contribution in [1.82, 2.24) is 15.2 Å². The highest BCUT2D eigenvalue weighted by atomic mass is 16.6. The number of aromatic nitrogens is 2. The summed E-state index contributed by atoms with van der Waals surface area (Å²) in [5.74, 6) is 2.00. The van der Waals surface area contributed by atoms with Crippen molar-refractivity contribution in [3.05, 3.63) is 30.0 Å². The Morgan fingerprint density at radius 1 is 1.12 bits per heavy atom. The van der Waals surface area contributed by atoms with Gasteiger partial charge in [0.1, 0.15) is 12.3 Å². The second kappa shape index (κ2) is 6.03. The van der Waals surface area contributed by atoms with Crippen LogP contribution in [0.4, 0.5) is 5.82 Å². The number of anilines is 1. The molecule has 3 heterocycles. The lowest BCUT2D eigenvalue weighted by Gasteiger charge is -2.37.